The summed E-state index contributed by atoms with van der Waals surface area (Å²) in [5.41, 5.74) is 3.94. The van der Waals surface area contributed by atoms with Crippen LogP contribution in [0.25, 0.3) is 0 Å². The normalized spacial score (nSPS) is 18.1. The summed E-state index contributed by atoms with van der Waals surface area (Å²) in [4.78, 5) is 15.1. The summed E-state index contributed by atoms with van der Waals surface area (Å²) in [6.07, 6.45) is 1.51. The molecule has 4 rings (SSSR count). The fourth-order valence-electron chi connectivity index (χ4n) is 4.05. The van der Waals surface area contributed by atoms with E-state index in [4.69, 9.17) is 0 Å². The van der Waals surface area contributed by atoms with E-state index in [9.17, 15) is 13.6 Å². The van der Waals surface area contributed by atoms with Crippen molar-refractivity contribution in [2.45, 2.75) is 38.8 Å². The highest BCUT2D eigenvalue weighted by atomic mass is 19.1. The van der Waals surface area contributed by atoms with Gasteiger partial charge in [0.2, 0.25) is 0 Å². The van der Waals surface area contributed by atoms with E-state index in [1.165, 1.54) is 29.8 Å². The van der Waals surface area contributed by atoms with Crippen molar-refractivity contribution in [1.82, 2.24) is 0 Å². The summed E-state index contributed by atoms with van der Waals surface area (Å²) in [6, 6.07) is 17.9. The molecule has 0 saturated heterocycles. The lowest BCUT2D eigenvalue weighted by Gasteiger charge is -2.40. The minimum absolute atomic E-state index is 0.0979. The Bertz CT molecular complexity index is 1050. The lowest BCUT2D eigenvalue weighted by Crippen LogP contribution is -2.44. The van der Waals surface area contributed by atoms with E-state index < -0.39 is 0 Å². The lowest BCUT2D eigenvalue weighted by molar-refractivity contribution is 0.0974. The van der Waals surface area contributed by atoms with Gasteiger partial charge in [-0.3, -0.25) is 4.79 Å². The Kier molecular flexibility index (Phi) is 5.53. The van der Waals surface area contributed by atoms with Gasteiger partial charge in [0.05, 0.1) is 6.04 Å². The molecule has 3 aromatic rings. The van der Waals surface area contributed by atoms with Crippen molar-refractivity contribution in [3.63, 3.8) is 0 Å². The van der Waals surface area contributed by atoms with E-state index in [-0.39, 0.29) is 29.6 Å². The Morgan fingerprint density at radius 1 is 1.00 bits per heavy atom. The predicted octanol–water partition coefficient (Wildman–Crippen LogP) is 6.12. The second kappa shape index (κ2) is 8.27. The zero-order chi connectivity index (χ0) is 21.3. The Labute approximate surface area is 175 Å². The molecule has 0 saturated carbocycles. The molecule has 0 aliphatic carbocycles. The van der Waals surface area contributed by atoms with Gasteiger partial charge in [-0.2, -0.15) is 0 Å². The van der Waals surface area contributed by atoms with Crippen LogP contribution >= 0.6 is 0 Å². The van der Waals surface area contributed by atoms with Crippen LogP contribution in [-0.4, -0.2) is 11.9 Å². The number of aryl methyl sites for hydroxylation is 1. The average Bonchev–Trinajstić information content (AvgIpc) is 2.75. The third-order valence-corrected chi connectivity index (χ3v) is 5.66. The van der Waals surface area contributed by atoms with Gasteiger partial charge < -0.3 is 10.2 Å². The second-order valence-electron chi connectivity index (χ2n) is 7.72. The van der Waals surface area contributed by atoms with Crippen molar-refractivity contribution >= 4 is 17.3 Å². The number of carbonyl (C=O) groups is 1. The van der Waals surface area contributed by atoms with Crippen LogP contribution in [0.4, 0.5) is 20.2 Å². The Morgan fingerprint density at radius 2 is 1.67 bits per heavy atom. The number of nitrogens with one attached hydrogen (secondary N) is 1. The lowest BCUT2D eigenvalue weighted by atomic mass is 9.90. The topological polar surface area (TPSA) is 32.3 Å². The number of hydrogen-bond donors (Lipinski definition) is 1. The number of anilines is 2. The molecule has 1 aliphatic rings. The van der Waals surface area contributed by atoms with Gasteiger partial charge >= 0.3 is 0 Å². The fourth-order valence-corrected chi connectivity index (χ4v) is 4.05. The minimum atomic E-state index is -0.353. The van der Waals surface area contributed by atoms with Gasteiger partial charge in [0.1, 0.15) is 11.6 Å². The van der Waals surface area contributed by atoms with Crippen LogP contribution in [0.2, 0.25) is 0 Å². The Morgan fingerprint density at radius 3 is 2.33 bits per heavy atom. The molecule has 0 unspecified atom stereocenters. The van der Waals surface area contributed by atoms with Crippen LogP contribution in [0.1, 0.15) is 47.8 Å². The molecule has 0 fully saturated rings. The number of amides is 1. The number of halogens is 2. The number of nitrogens with zero attached hydrogens (tertiary/aromatic N) is 1. The molecule has 1 aliphatic heterocycles. The zero-order valence-corrected chi connectivity index (χ0v) is 17.0. The van der Waals surface area contributed by atoms with Gasteiger partial charge in [0.15, 0.2) is 0 Å². The van der Waals surface area contributed by atoms with Crippen LogP contribution < -0.4 is 10.2 Å². The molecule has 2 atom stereocenters. The first-order valence-electron chi connectivity index (χ1n) is 10.2. The first kappa shape index (κ1) is 20.1. The maximum absolute atomic E-state index is 14.1. The van der Waals surface area contributed by atoms with Gasteiger partial charge in [-0.15, -0.1) is 0 Å². The van der Waals surface area contributed by atoms with E-state index in [0.717, 1.165) is 17.7 Å². The number of rotatable bonds is 4. The van der Waals surface area contributed by atoms with E-state index >= 15 is 0 Å². The summed E-state index contributed by atoms with van der Waals surface area (Å²) in [5, 5.41) is 3.36. The molecule has 1 heterocycles. The molecule has 1 amide bonds. The van der Waals surface area contributed by atoms with Crippen LogP contribution in [0.3, 0.4) is 0 Å². The molecule has 3 aromatic carbocycles. The van der Waals surface area contributed by atoms with Crippen LogP contribution in [-0.2, 0) is 6.42 Å². The monoisotopic (exact) mass is 406 g/mol. The third kappa shape index (κ3) is 3.92. The maximum atomic E-state index is 14.1. The summed E-state index contributed by atoms with van der Waals surface area (Å²) in [5.74, 6) is -0.762. The Balaban J connectivity index is 1.68. The summed E-state index contributed by atoms with van der Waals surface area (Å²) >= 11 is 0. The fraction of sp³-hybridized carbons (Fsp3) is 0.240. The van der Waals surface area contributed by atoms with Crippen LogP contribution in [0.5, 0.6) is 0 Å². The highest BCUT2D eigenvalue weighted by Gasteiger charge is 2.34. The van der Waals surface area contributed by atoms with Gasteiger partial charge in [0.25, 0.3) is 5.91 Å². The molecule has 0 bridgehead atoms. The van der Waals surface area contributed by atoms with E-state index in [0.29, 0.717) is 17.7 Å². The molecule has 0 spiro atoms. The molecule has 5 heteroatoms. The second-order valence-corrected chi connectivity index (χ2v) is 7.72. The van der Waals surface area contributed by atoms with Crippen molar-refractivity contribution in [3.8, 4) is 0 Å². The molecule has 0 radical (unpaired) electrons. The van der Waals surface area contributed by atoms with Gasteiger partial charge in [-0.25, -0.2) is 8.78 Å². The third-order valence-electron chi connectivity index (χ3n) is 5.66. The molecule has 0 aromatic heterocycles. The highest BCUT2D eigenvalue weighted by molar-refractivity contribution is 6.07. The van der Waals surface area contributed by atoms with E-state index in [1.807, 2.05) is 31.2 Å². The summed E-state index contributed by atoms with van der Waals surface area (Å²) in [7, 11) is 0. The van der Waals surface area contributed by atoms with Gasteiger partial charge in [0, 0.05) is 28.5 Å². The SMILES string of the molecule is CCc1ccc(C(=O)N2c3ccc(F)cc3[C@H](Nc3ccc(F)cc3)C[C@@H]2C)cc1. The average molecular weight is 406 g/mol. The van der Waals surface area contributed by atoms with Crippen molar-refractivity contribution in [3.05, 3.63) is 95.1 Å². The maximum Gasteiger partial charge on any atom is 0.258 e. The van der Waals surface area contributed by atoms with E-state index in [1.54, 1.807) is 23.1 Å². The zero-order valence-electron chi connectivity index (χ0n) is 17.0. The van der Waals surface area contributed by atoms with Crippen molar-refractivity contribution in [2.24, 2.45) is 0 Å². The Hall–Kier alpha value is -3.21. The number of carbonyl (C=O) groups excluding carboxylic acids is 1. The van der Waals surface area contributed by atoms with Crippen LogP contribution in [0.15, 0.2) is 66.7 Å². The standard InChI is InChI=1S/C25H24F2N2O/c1-3-17-4-6-18(7-5-17)25(30)29-16(2)14-23(22-15-20(27)10-13-24(22)29)28-21-11-8-19(26)9-12-21/h4-13,15-16,23,28H,3,14H2,1-2H3/t16-,23+/m0/s1. The smallest absolute Gasteiger partial charge is 0.258 e. The quantitative estimate of drug-likeness (QED) is 0.566. The van der Waals surface area contributed by atoms with Crippen molar-refractivity contribution < 1.29 is 13.6 Å². The van der Waals surface area contributed by atoms with Gasteiger partial charge in [-0.05, 0) is 79.9 Å². The molecule has 3 nitrogen and oxygen atoms in total. The predicted molar refractivity (Wildman–Crippen MR) is 116 cm³/mol. The highest BCUT2D eigenvalue weighted by Crippen LogP contribution is 2.40. The van der Waals surface area contributed by atoms with Crippen LogP contribution in [0, 0.1) is 11.6 Å². The van der Waals surface area contributed by atoms with E-state index in [2.05, 4.69) is 12.2 Å². The summed E-state index contributed by atoms with van der Waals surface area (Å²) < 4.78 is 27.4. The largest absolute Gasteiger partial charge is 0.378 e. The minimum Gasteiger partial charge on any atom is -0.378 e. The number of benzene rings is 3. The van der Waals surface area contributed by atoms with Crippen molar-refractivity contribution in [2.75, 3.05) is 10.2 Å². The molecule has 30 heavy (non-hydrogen) atoms. The first-order chi connectivity index (χ1) is 14.5. The van der Waals surface area contributed by atoms with Crippen molar-refractivity contribution in [1.29, 1.82) is 0 Å². The molecular formula is C25H24F2N2O. The van der Waals surface area contributed by atoms with Gasteiger partial charge in [-0.1, -0.05) is 19.1 Å². The molecule has 1 N–H and O–H groups in total. The number of fused-ring (bicyclic) bond motifs is 1. The molecule has 154 valence electrons. The number of hydrogen-bond acceptors (Lipinski definition) is 2. The first-order valence-corrected chi connectivity index (χ1v) is 10.2. The summed E-state index contributed by atoms with van der Waals surface area (Å²) in [6.45, 7) is 4.06. The molecular weight excluding hydrogens is 382 g/mol.